The lowest BCUT2D eigenvalue weighted by Crippen LogP contribution is -2.55. The summed E-state index contributed by atoms with van der Waals surface area (Å²) < 4.78 is 0. The minimum absolute atomic E-state index is 0.0768. The molecule has 0 bridgehead atoms. The summed E-state index contributed by atoms with van der Waals surface area (Å²) >= 11 is 0. The molecule has 2 N–H and O–H groups in total. The van der Waals surface area contributed by atoms with Gasteiger partial charge in [0.15, 0.2) is 0 Å². The third kappa shape index (κ3) is 3.24. The minimum Gasteiger partial charge on any atom is -0.396 e. The van der Waals surface area contributed by atoms with Crippen molar-refractivity contribution >= 4 is 5.91 Å². The molecule has 1 aromatic rings. The van der Waals surface area contributed by atoms with Gasteiger partial charge in [0.25, 0.3) is 5.91 Å². The molecule has 21 heavy (non-hydrogen) atoms. The molecule has 116 valence electrons. The number of hydrogen-bond donors (Lipinski definition) is 2. The molecule has 0 aliphatic carbocycles. The van der Waals surface area contributed by atoms with Crippen molar-refractivity contribution in [1.29, 1.82) is 0 Å². The number of aromatic nitrogens is 1. The Bertz CT molecular complexity index is 506. The van der Waals surface area contributed by atoms with Gasteiger partial charge in [-0.2, -0.15) is 0 Å². The van der Waals surface area contributed by atoms with Gasteiger partial charge >= 0.3 is 0 Å². The number of aliphatic hydroxyl groups excluding tert-OH is 2. The molecule has 0 spiro atoms. The van der Waals surface area contributed by atoms with Crippen molar-refractivity contribution in [3.63, 3.8) is 0 Å². The van der Waals surface area contributed by atoms with Crippen LogP contribution in [0.4, 0.5) is 0 Å². The summed E-state index contributed by atoms with van der Waals surface area (Å²) in [5, 5.41) is 20.0. The summed E-state index contributed by atoms with van der Waals surface area (Å²) in [6.45, 7) is 4.73. The highest BCUT2D eigenvalue weighted by Gasteiger charge is 2.43. The maximum Gasteiger partial charge on any atom is 0.255 e. The van der Waals surface area contributed by atoms with Gasteiger partial charge in [0.05, 0.1) is 18.3 Å². The Hall–Kier alpha value is -1.46. The second-order valence-corrected chi connectivity index (χ2v) is 6.05. The van der Waals surface area contributed by atoms with Gasteiger partial charge < -0.3 is 15.1 Å². The van der Waals surface area contributed by atoms with E-state index in [9.17, 15) is 15.0 Å². The van der Waals surface area contributed by atoms with Gasteiger partial charge in [0.2, 0.25) is 0 Å². The first-order chi connectivity index (χ1) is 10.0. The molecule has 5 nitrogen and oxygen atoms in total. The van der Waals surface area contributed by atoms with Crippen LogP contribution in [0.15, 0.2) is 18.5 Å². The third-order valence-electron chi connectivity index (χ3n) is 4.36. The van der Waals surface area contributed by atoms with Crippen molar-refractivity contribution in [2.75, 3.05) is 19.7 Å². The molecule has 0 saturated carbocycles. The molecule has 0 aromatic carbocycles. The quantitative estimate of drug-likeness (QED) is 0.879. The van der Waals surface area contributed by atoms with Crippen molar-refractivity contribution in [3.8, 4) is 0 Å². The summed E-state index contributed by atoms with van der Waals surface area (Å²) in [6.07, 6.45) is 4.81. The Labute approximate surface area is 125 Å². The number of aliphatic hydroxyl groups is 2. The standard InChI is InChI=1S/C16H24N2O3/c1-3-5-16(11-19)10-18(6-4-14(16)20)15(21)13-7-12(2)8-17-9-13/h7-9,14,19-20H,3-6,10-11H2,1-2H3/t14-,16+/m1/s1. The SMILES string of the molecule is CCC[C@@]1(CO)CN(C(=O)c2cncc(C)c2)CC[C@H]1O. The molecule has 2 heterocycles. The molecule has 1 amide bonds. The molecule has 2 rings (SSSR count). The van der Waals surface area contributed by atoms with Gasteiger partial charge in [-0.3, -0.25) is 9.78 Å². The van der Waals surface area contributed by atoms with Crippen LogP contribution in [0.25, 0.3) is 0 Å². The van der Waals surface area contributed by atoms with Crippen LogP contribution in [0.2, 0.25) is 0 Å². The predicted molar refractivity (Wildman–Crippen MR) is 79.9 cm³/mol. The fourth-order valence-corrected chi connectivity index (χ4v) is 3.15. The highest BCUT2D eigenvalue weighted by atomic mass is 16.3. The molecule has 2 atom stereocenters. The van der Waals surface area contributed by atoms with Crippen LogP contribution in [0.3, 0.4) is 0 Å². The van der Waals surface area contributed by atoms with E-state index < -0.39 is 11.5 Å². The molecule has 1 fully saturated rings. The largest absolute Gasteiger partial charge is 0.396 e. The molecule has 1 aliphatic rings. The lowest BCUT2D eigenvalue weighted by molar-refractivity contribution is -0.0720. The first-order valence-corrected chi connectivity index (χ1v) is 7.52. The zero-order chi connectivity index (χ0) is 15.5. The second-order valence-electron chi connectivity index (χ2n) is 6.05. The van der Waals surface area contributed by atoms with Crippen LogP contribution in [0.1, 0.15) is 42.1 Å². The second kappa shape index (κ2) is 6.54. The first-order valence-electron chi connectivity index (χ1n) is 7.52. The number of pyridine rings is 1. The summed E-state index contributed by atoms with van der Waals surface area (Å²) in [4.78, 5) is 18.4. The Kier molecular flexibility index (Phi) is 4.96. The molecule has 1 aromatic heterocycles. The predicted octanol–water partition coefficient (Wildman–Crippen LogP) is 1.38. The monoisotopic (exact) mass is 292 g/mol. The number of hydrogen-bond acceptors (Lipinski definition) is 4. The van der Waals surface area contributed by atoms with Crippen LogP contribution in [0.5, 0.6) is 0 Å². The van der Waals surface area contributed by atoms with E-state index >= 15 is 0 Å². The maximum absolute atomic E-state index is 12.6. The molecule has 0 radical (unpaired) electrons. The molecule has 1 aliphatic heterocycles. The Morgan fingerprint density at radius 2 is 2.29 bits per heavy atom. The molecular weight excluding hydrogens is 268 g/mol. The van der Waals surface area contributed by atoms with E-state index in [0.717, 1.165) is 12.0 Å². The summed E-state index contributed by atoms with van der Waals surface area (Å²) in [6, 6.07) is 1.82. The lowest BCUT2D eigenvalue weighted by Gasteiger charge is -2.45. The Morgan fingerprint density at radius 1 is 1.52 bits per heavy atom. The first kappa shape index (κ1) is 15.9. The topological polar surface area (TPSA) is 73.7 Å². The zero-order valence-corrected chi connectivity index (χ0v) is 12.7. The number of rotatable bonds is 4. The van der Waals surface area contributed by atoms with E-state index in [0.29, 0.717) is 31.5 Å². The number of amides is 1. The Morgan fingerprint density at radius 3 is 2.90 bits per heavy atom. The maximum atomic E-state index is 12.6. The average Bonchev–Trinajstić information content (AvgIpc) is 2.49. The van der Waals surface area contributed by atoms with Gasteiger partial charge in [0.1, 0.15) is 0 Å². The van der Waals surface area contributed by atoms with E-state index in [1.165, 1.54) is 0 Å². The number of carbonyl (C=O) groups excluding carboxylic acids is 1. The molecular formula is C16H24N2O3. The van der Waals surface area contributed by atoms with Gasteiger partial charge in [-0.1, -0.05) is 13.3 Å². The van der Waals surface area contributed by atoms with Crippen molar-refractivity contribution in [2.24, 2.45) is 5.41 Å². The highest BCUT2D eigenvalue weighted by Crippen LogP contribution is 2.35. The van der Waals surface area contributed by atoms with E-state index in [2.05, 4.69) is 4.98 Å². The number of likely N-dealkylation sites (tertiary alicyclic amines) is 1. The van der Waals surface area contributed by atoms with Crippen LogP contribution in [-0.2, 0) is 0 Å². The third-order valence-corrected chi connectivity index (χ3v) is 4.36. The summed E-state index contributed by atoms with van der Waals surface area (Å²) in [5.41, 5.74) is 0.912. The average molecular weight is 292 g/mol. The minimum atomic E-state index is -0.597. The van der Waals surface area contributed by atoms with Crippen LogP contribution >= 0.6 is 0 Å². The summed E-state index contributed by atoms with van der Waals surface area (Å²) in [5.74, 6) is -0.0768. The molecule has 5 heteroatoms. The highest BCUT2D eigenvalue weighted by molar-refractivity contribution is 5.94. The molecule has 0 unspecified atom stereocenters. The van der Waals surface area contributed by atoms with E-state index in [1.807, 2.05) is 19.9 Å². The van der Waals surface area contributed by atoms with E-state index in [1.54, 1.807) is 17.3 Å². The van der Waals surface area contributed by atoms with Crippen LogP contribution in [-0.4, -0.2) is 51.8 Å². The normalized spacial score (nSPS) is 25.9. The number of aryl methyl sites for hydroxylation is 1. The van der Waals surface area contributed by atoms with Gasteiger partial charge in [-0.25, -0.2) is 0 Å². The fourth-order valence-electron chi connectivity index (χ4n) is 3.15. The van der Waals surface area contributed by atoms with Gasteiger partial charge in [-0.15, -0.1) is 0 Å². The van der Waals surface area contributed by atoms with Gasteiger partial charge in [-0.05, 0) is 31.4 Å². The number of piperidine rings is 1. The van der Waals surface area contributed by atoms with Crippen molar-refractivity contribution in [3.05, 3.63) is 29.6 Å². The van der Waals surface area contributed by atoms with Crippen molar-refractivity contribution in [1.82, 2.24) is 9.88 Å². The smallest absolute Gasteiger partial charge is 0.255 e. The lowest BCUT2D eigenvalue weighted by atomic mass is 9.74. The number of nitrogens with zero attached hydrogens (tertiary/aromatic N) is 2. The van der Waals surface area contributed by atoms with Gasteiger partial charge in [0, 0.05) is 30.9 Å². The fraction of sp³-hybridized carbons (Fsp3) is 0.625. The summed E-state index contributed by atoms with van der Waals surface area (Å²) in [7, 11) is 0. The van der Waals surface area contributed by atoms with Crippen LogP contribution < -0.4 is 0 Å². The number of carbonyl (C=O) groups is 1. The molecule has 1 saturated heterocycles. The van der Waals surface area contributed by atoms with Crippen molar-refractivity contribution < 1.29 is 15.0 Å². The van der Waals surface area contributed by atoms with Crippen molar-refractivity contribution in [2.45, 2.75) is 39.2 Å². The van der Waals surface area contributed by atoms with E-state index in [4.69, 9.17) is 0 Å². The zero-order valence-electron chi connectivity index (χ0n) is 12.7. The van der Waals surface area contributed by atoms with E-state index in [-0.39, 0.29) is 12.5 Å². The Balaban J connectivity index is 2.19. The van der Waals surface area contributed by atoms with Crippen LogP contribution in [0, 0.1) is 12.3 Å².